The Morgan fingerprint density at radius 1 is 1.29 bits per heavy atom. The summed E-state index contributed by atoms with van der Waals surface area (Å²) < 4.78 is 13.1. The van der Waals surface area contributed by atoms with Gasteiger partial charge < -0.3 is 10.6 Å². The number of aryl methyl sites for hydroxylation is 2. The van der Waals surface area contributed by atoms with E-state index >= 15 is 0 Å². The number of rotatable bonds is 4. The smallest absolute Gasteiger partial charge is 0.126 e. The molecule has 0 unspecified atom stereocenters. The van der Waals surface area contributed by atoms with Crippen LogP contribution in [0.15, 0.2) is 30.3 Å². The summed E-state index contributed by atoms with van der Waals surface area (Å²) in [6.45, 7) is 6.41. The van der Waals surface area contributed by atoms with Gasteiger partial charge in [-0.15, -0.1) is 0 Å². The zero-order valence-electron chi connectivity index (χ0n) is 12.4. The highest BCUT2D eigenvalue weighted by atomic mass is 19.1. The van der Waals surface area contributed by atoms with E-state index in [4.69, 9.17) is 11.1 Å². The molecule has 0 saturated carbocycles. The molecule has 0 fully saturated rings. The van der Waals surface area contributed by atoms with Gasteiger partial charge in [-0.3, -0.25) is 10.4 Å². The zero-order valence-corrected chi connectivity index (χ0v) is 12.4. The van der Waals surface area contributed by atoms with Crippen molar-refractivity contribution in [1.82, 2.24) is 4.98 Å². The van der Waals surface area contributed by atoms with Crippen LogP contribution in [-0.4, -0.2) is 17.4 Å². The van der Waals surface area contributed by atoms with E-state index in [-0.39, 0.29) is 11.7 Å². The van der Waals surface area contributed by atoms with Gasteiger partial charge in [0.05, 0.1) is 16.9 Å². The van der Waals surface area contributed by atoms with Crippen LogP contribution in [0.1, 0.15) is 23.9 Å². The lowest BCUT2D eigenvalue weighted by Gasteiger charge is -2.26. The molecule has 0 aliphatic rings. The van der Waals surface area contributed by atoms with Crippen LogP contribution >= 0.6 is 0 Å². The molecule has 0 aliphatic heterocycles. The van der Waals surface area contributed by atoms with E-state index < -0.39 is 0 Å². The van der Waals surface area contributed by atoms with Crippen molar-refractivity contribution >= 4 is 17.2 Å². The molecule has 4 nitrogen and oxygen atoms in total. The fraction of sp³-hybridized carbons (Fsp3) is 0.250. The van der Waals surface area contributed by atoms with Gasteiger partial charge in [0, 0.05) is 17.9 Å². The summed E-state index contributed by atoms with van der Waals surface area (Å²) in [5.41, 5.74) is 9.58. The van der Waals surface area contributed by atoms with Crippen molar-refractivity contribution in [1.29, 1.82) is 5.41 Å². The topological polar surface area (TPSA) is 66.0 Å². The van der Waals surface area contributed by atoms with E-state index in [0.717, 1.165) is 22.8 Å². The van der Waals surface area contributed by atoms with Crippen molar-refractivity contribution in [3.63, 3.8) is 0 Å². The van der Waals surface area contributed by atoms with Crippen LogP contribution in [0.5, 0.6) is 0 Å². The van der Waals surface area contributed by atoms with Crippen LogP contribution in [0.4, 0.5) is 15.8 Å². The minimum absolute atomic E-state index is 0.0180. The normalized spacial score (nSPS) is 10.5. The number of nitrogens with one attached hydrogen (secondary N) is 1. The molecule has 2 aromatic rings. The average molecular weight is 286 g/mol. The molecule has 0 amide bonds. The SMILES string of the molecule is CCN(c1ccc(F)cc1)c1cc(C)nc(C)c1C(=N)N. The summed E-state index contributed by atoms with van der Waals surface area (Å²) >= 11 is 0. The second kappa shape index (κ2) is 5.91. The first kappa shape index (κ1) is 15.0. The lowest BCUT2D eigenvalue weighted by atomic mass is 10.1. The number of nitrogens with two attached hydrogens (primary N) is 1. The largest absolute Gasteiger partial charge is 0.384 e. The number of amidine groups is 1. The number of pyridine rings is 1. The molecule has 0 radical (unpaired) electrons. The molecule has 0 atom stereocenters. The van der Waals surface area contributed by atoms with Crippen LogP contribution < -0.4 is 10.6 Å². The lowest BCUT2D eigenvalue weighted by molar-refractivity contribution is 0.628. The van der Waals surface area contributed by atoms with Crippen molar-refractivity contribution in [3.8, 4) is 0 Å². The van der Waals surface area contributed by atoms with Crippen LogP contribution in [0, 0.1) is 25.1 Å². The maximum Gasteiger partial charge on any atom is 0.126 e. The molecule has 2 rings (SSSR count). The molecule has 1 heterocycles. The van der Waals surface area contributed by atoms with Gasteiger partial charge in [0.25, 0.3) is 0 Å². The third kappa shape index (κ3) is 3.02. The summed E-state index contributed by atoms with van der Waals surface area (Å²) in [6.07, 6.45) is 0. The molecule has 5 heteroatoms. The summed E-state index contributed by atoms with van der Waals surface area (Å²) in [7, 11) is 0. The van der Waals surface area contributed by atoms with Crippen LogP contribution in [-0.2, 0) is 0 Å². The Bertz CT molecular complexity index is 665. The van der Waals surface area contributed by atoms with Gasteiger partial charge in [0.2, 0.25) is 0 Å². The van der Waals surface area contributed by atoms with Crippen molar-refractivity contribution in [3.05, 3.63) is 53.1 Å². The predicted molar refractivity (Wildman–Crippen MR) is 83.8 cm³/mol. The molecule has 0 bridgehead atoms. The van der Waals surface area contributed by atoms with Gasteiger partial charge in [-0.25, -0.2) is 4.39 Å². The Hall–Kier alpha value is -2.43. The Morgan fingerprint density at radius 3 is 2.43 bits per heavy atom. The average Bonchev–Trinajstić information content (AvgIpc) is 2.40. The predicted octanol–water partition coefficient (Wildman–Crippen LogP) is 3.28. The number of hydrogen-bond acceptors (Lipinski definition) is 3. The van der Waals surface area contributed by atoms with Gasteiger partial charge in [-0.2, -0.15) is 0 Å². The molecule has 1 aromatic heterocycles. The Balaban J connectivity index is 2.61. The minimum Gasteiger partial charge on any atom is -0.384 e. The van der Waals surface area contributed by atoms with E-state index in [1.165, 1.54) is 12.1 Å². The second-order valence-electron chi connectivity index (χ2n) is 4.88. The molecule has 110 valence electrons. The Morgan fingerprint density at radius 2 is 1.90 bits per heavy atom. The maximum atomic E-state index is 13.1. The summed E-state index contributed by atoms with van der Waals surface area (Å²) in [5, 5.41) is 7.80. The minimum atomic E-state index is -0.274. The third-order valence-electron chi connectivity index (χ3n) is 3.32. The number of aromatic nitrogens is 1. The number of benzene rings is 1. The van der Waals surface area contributed by atoms with Crippen molar-refractivity contribution in [2.45, 2.75) is 20.8 Å². The zero-order chi connectivity index (χ0) is 15.6. The number of nitrogens with zero attached hydrogens (tertiary/aromatic N) is 2. The van der Waals surface area contributed by atoms with Gasteiger partial charge in [-0.1, -0.05) is 0 Å². The number of halogens is 1. The maximum absolute atomic E-state index is 13.1. The molecular formula is C16H19FN4. The summed E-state index contributed by atoms with van der Waals surface area (Å²) in [5.74, 6) is -0.292. The van der Waals surface area contributed by atoms with E-state index in [1.807, 2.05) is 31.7 Å². The van der Waals surface area contributed by atoms with Crippen LogP contribution in [0.25, 0.3) is 0 Å². The van der Waals surface area contributed by atoms with Crippen molar-refractivity contribution in [2.75, 3.05) is 11.4 Å². The molecule has 3 N–H and O–H groups in total. The fourth-order valence-corrected chi connectivity index (χ4v) is 2.47. The first-order chi connectivity index (χ1) is 9.93. The van der Waals surface area contributed by atoms with Crippen molar-refractivity contribution < 1.29 is 4.39 Å². The molecule has 0 saturated heterocycles. The third-order valence-corrected chi connectivity index (χ3v) is 3.32. The van der Waals surface area contributed by atoms with Gasteiger partial charge in [-0.05, 0) is 51.1 Å². The highest BCUT2D eigenvalue weighted by molar-refractivity contribution is 6.02. The monoisotopic (exact) mass is 286 g/mol. The first-order valence-corrected chi connectivity index (χ1v) is 6.79. The van der Waals surface area contributed by atoms with E-state index in [9.17, 15) is 4.39 Å². The molecule has 0 spiro atoms. The van der Waals surface area contributed by atoms with E-state index in [1.54, 1.807) is 12.1 Å². The van der Waals surface area contributed by atoms with E-state index in [0.29, 0.717) is 12.1 Å². The number of anilines is 2. The Labute approximate surface area is 123 Å². The summed E-state index contributed by atoms with van der Waals surface area (Å²) in [4.78, 5) is 6.37. The highest BCUT2D eigenvalue weighted by Gasteiger charge is 2.17. The lowest BCUT2D eigenvalue weighted by Crippen LogP contribution is -2.23. The molecule has 0 aliphatic carbocycles. The van der Waals surface area contributed by atoms with Crippen molar-refractivity contribution in [2.24, 2.45) is 5.73 Å². The Kier molecular flexibility index (Phi) is 4.21. The fourth-order valence-electron chi connectivity index (χ4n) is 2.47. The summed E-state index contributed by atoms with van der Waals surface area (Å²) in [6, 6.07) is 8.18. The second-order valence-corrected chi connectivity index (χ2v) is 4.88. The molecular weight excluding hydrogens is 267 g/mol. The van der Waals surface area contributed by atoms with Crippen LogP contribution in [0.3, 0.4) is 0 Å². The van der Waals surface area contributed by atoms with Crippen LogP contribution in [0.2, 0.25) is 0 Å². The highest BCUT2D eigenvalue weighted by Crippen LogP contribution is 2.30. The number of hydrogen-bond donors (Lipinski definition) is 2. The first-order valence-electron chi connectivity index (χ1n) is 6.79. The number of nitrogen functional groups attached to an aromatic ring is 1. The van der Waals surface area contributed by atoms with Gasteiger partial charge in [0.1, 0.15) is 11.7 Å². The van der Waals surface area contributed by atoms with Gasteiger partial charge >= 0.3 is 0 Å². The van der Waals surface area contributed by atoms with Gasteiger partial charge in [0.15, 0.2) is 0 Å². The van der Waals surface area contributed by atoms with E-state index in [2.05, 4.69) is 4.98 Å². The molecule has 21 heavy (non-hydrogen) atoms. The molecule has 1 aromatic carbocycles. The standard InChI is InChI=1S/C16H19FN4/c1-4-21(13-7-5-12(17)6-8-13)14-9-10(2)20-11(3)15(14)16(18)19/h5-9H,4H2,1-3H3,(H3,18,19). The quantitative estimate of drug-likeness (QED) is 0.669.